The van der Waals surface area contributed by atoms with Crippen molar-refractivity contribution in [2.24, 2.45) is 21.7 Å². The van der Waals surface area contributed by atoms with E-state index in [0.717, 1.165) is 93.4 Å². The van der Waals surface area contributed by atoms with E-state index < -0.39 is 99.2 Å². The van der Waals surface area contributed by atoms with Gasteiger partial charge in [-0.2, -0.15) is 21.6 Å². The Kier molecular flexibility index (Phi) is 50.8. The van der Waals surface area contributed by atoms with Gasteiger partial charge < -0.3 is 82.9 Å². The van der Waals surface area contributed by atoms with Gasteiger partial charge in [-0.05, 0) is 199 Å². The van der Waals surface area contributed by atoms with Crippen LogP contribution in [0.2, 0.25) is 0 Å². The summed E-state index contributed by atoms with van der Waals surface area (Å²) in [6.07, 6.45) is -1.64. The molecule has 12 rings (SSSR count). The predicted octanol–water partition coefficient (Wildman–Crippen LogP) is 17.7. The van der Waals surface area contributed by atoms with Gasteiger partial charge in [-0.15, -0.1) is 0 Å². The van der Waals surface area contributed by atoms with E-state index in [4.69, 9.17) is 80.3 Å². The van der Waals surface area contributed by atoms with Gasteiger partial charge in [0.2, 0.25) is 0 Å². The summed E-state index contributed by atoms with van der Waals surface area (Å²) in [7, 11) is -6.22. The molecular formula is C81H98BBr5ClF9O23S. The molecule has 40 heteroatoms. The van der Waals surface area contributed by atoms with E-state index in [1.165, 1.54) is 24.3 Å². The Morgan fingerprint density at radius 3 is 1.21 bits per heavy atom. The van der Waals surface area contributed by atoms with Crippen molar-refractivity contribution in [2.75, 3.05) is 112 Å². The number of fused-ring (bicyclic) bond motifs is 3. The van der Waals surface area contributed by atoms with Crippen LogP contribution >= 0.6 is 91.3 Å². The van der Waals surface area contributed by atoms with Crippen LogP contribution in [-0.2, 0) is 58.2 Å². The average molecular weight is 2090 g/mol. The summed E-state index contributed by atoms with van der Waals surface area (Å²) in [6.45, 7) is 21.2. The first kappa shape index (κ1) is 111. The molecule has 5 fully saturated rings. The summed E-state index contributed by atoms with van der Waals surface area (Å²) in [5.41, 5.74) is 2.15. The maximum absolute atomic E-state index is 13.1. The number of carbonyl (C=O) groups excluding carboxylic acids is 3. The van der Waals surface area contributed by atoms with E-state index in [0.29, 0.717) is 74.9 Å². The van der Waals surface area contributed by atoms with Crippen molar-refractivity contribution in [1.29, 1.82) is 0 Å². The fraction of sp³-hybridized carbons (Fsp3) is 0.444. The molecule has 0 spiro atoms. The summed E-state index contributed by atoms with van der Waals surface area (Å²) in [5.74, 6) is -8.22. The molecule has 5 aliphatic heterocycles. The van der Waals surface area contributed by atoms with Crippen molar-refractivity contribution in [2.45, 2.75) is 105 Å². The number of phenols is 1. The molecule has 0 atom stereocenters. The molecule has 5 aliphatic rings. The van der Waals surface area contributed by atoms with Crippen LogP contribution in [0.5, 0.6) is 17.2 Å². The van der Waals surface area contributed by atoms with Crippen molar-refractivity contribution in [3.8, 4) is 17.2 Å². The lowest BCUT2D eigenvalue weighted by Crippen LogP contribution is -2.58. The molecule has 5 saturated heterocycles. The number of benzene rings is 7. The molecule has 7 aromatic carbocycles. The highest BCUT2D eigenvalue weighted by Gasteiger charge is 2.53. The monoisotopic (exact) mass is 2080 g/mol. The molecule has 23 nitrogen and oxygen atoms in total. The standard InChI is InChI=1S/2C13H15BrO3.C9H9F3O3S.C8H9BF2O3.C8H7BrF2O.C7H4BrClO.C6H3BrF2O.C6H14O3.C6H12O2.C5H10O3/c1-2-12-7-15-13(16-8-12,17-9-12)10-3-5-11(14)6-4-10;1-2-13(7-16-8-13)9-17-12(15)10-3-5-11(14)6-4-10;1-7-2-4-8(5-3-7)16(13,14)15-6-9(10,11)12;1-2-14-8-6(10)3-5(9(12)13)4-7(8)11;1-2-12-8-6(10)3-5(9)4-7(8)11;8-6-3-1-5(2-4-6)7(9)10;7-3-1-4(8)6(10)5(9)2-3;1-2-6(3-7,4-8)5-9;1-2-6(3-7)4-8-5-6;1-3-7-5(6)8-4-2/h2*3-6H,2,7-9H2,1H3;2-5H,6H2,1H3;3-4,12-13H,2H2,1H3;3-4H,2H2,1H3;1-4H;1-2,10H;7-9H,2-5H2,1H3;7H,2-5H2,1H3;3-4H2,1-2H3. The smallest absolute Gasteiger partial charge is 0.503 e. The molecule has 0 radical (unpaired) electrons. The second kappa shape index (κ2) is 55.4. The van der Waals surface area contributed by atoms with Gasteiger partial charge >= 0.3 is 31.4 Å². The number of aromatic hydroxyl groups is 1. The van der Waals surface area contributed by atoms with Gasteiger partial charge in [0.1, 0.15) is 6.61 Å². The topological polar surface area (TPSA) is 328 Å². The van der Waals surface area contributed by atoms with Gasteiger partial charge in [-0.25, -0.2) is 35.9 Å². The number of aryl methyl sites for hydroxylation is 1. The largest absolute Gasteiger partial charge is 0.508 e. The number of hydrogen-bond donors (Lipinski definition) is 7. The summed E-state index contributed by atoms with van der Waals surface area (Å²) >= 11 is 21.0. The number of halogens is 15. The molecular weight excluding hydrogens is 1990 g/mol. The summed E-state index contributed by atoms with van der Waals surface area (Å²) in [5, 5.41) is 60.2. The Balaban J connectivity index is 0.000000461. The minimum absolute atomic E-state index is 0.0467. The van der Waals surface area contributed by atoms with Gasteiger partial charge in [-0.1, -0.05) is 125 Å². The van der Waals surface area contributed by atoms with E-state index in [1.54, 1.807) is 71.0 Å². The molecule has 7 aromatic rings. The normalized spacial score (nSPS) is 16.0. The van der Waals surface area contributed by atoms with Crippen LogP contribution in [0.15, 0.2) is 161 Å². The molecule has 0 amide bonds. The Bertz CT molecular complexity index is 4220. The fourth-order valence-electron chi connectivity index (χ4n) is 9.29. The summed E-state index contributed by atoms with van der Waals surface area (Å²) in [4.78, 5) is 32.2. The van der Waals surface area contributed by atoms with Gasteiger partial charge in [0, 0.05) is 49.7 Å². The number of rotatable bonds is 23. The average Bonchev–Trinajstić information content (AvgIpc) is 0.748. The zero-order chi connectivity index (χ0) is 91.5. The molecule has 0 aliphatic carbocycles. The van der Waals surface area contributed by atoms with Crippen LogP contribution in [0, 0.1) is 63.5 Å². The van der Waals surface area contributed by atoms with Crippen molar-refractivity contribution in [3.05, 3.63) is 213 Å². The first-order chi connectivity index (χ1) is 56.9. The number of aliphatic hydroxyl groups is 4. The highest BCUT2D eigenvalue weighted by atomic mass is 79.9. The number of carbonyl (C=O) groups is 3. The molecule has 121 heavy (non-hydrogen) atoms. The van der Waals surface area contributed by atoms with Crippen molar-refractivity contribution in [3.63, 3.8) is 0 Å². The second-order valence-corrected chi connectivity index (χ2v) is 33.1. The molecule has 7 N–H and O–H groups in total. The van der Waals surface area contributed by atoms with Gasteiger partial charge in [0.25, 0.3) is 15.4 Å². The number of hydrogen-bond acceptors (Lipinski definition) is 23. The van der Waals surface area contributed by atoms with Crippen molar-refractivity contribution in [1.82, 2.24) is 0 Å². The first-order valence-corrected chi connectivity index (χ1v) is 42.7. The maximum Gasteiger partial charge on any atom is 0.508 e. The van der Waals surface area contributed by atoms with Gasteiger partial charge in [0.15, 0.2) is 58.8 Å². The Morgan fingerprint density at radius 1 is 0.512 bits per heavy atom. The second-order valence-electron chi connectivity index (χ2n) is 26.6. The highest BCUT2D eigenvalue weighted by Crippen LogP contribution is 2.46. The summed E-state index contributed by atoms with van der Waals surface area (Å²) < 4.78 is 193. The lowest BCUT2D eigenvalue weighted by Gasteiger charge is -2.51. The van der Waals surface area contributed by atoms with Crippen LogP contribution in [0.1, 0.15) is 113 Å². The number of alkyl halides is 3. The number of aliphatic hydroxyl groups excluding tert-OH is 4. The zero-order valence-electron chi connectivity index (χ0n) is 67.4. The van der Waals surface area contributed by atoms with Crippen LogP contribution in [0.3, 0.4) is 0 Å². The Labute approximate surface area is 744 Å². The molecule has 674 valence electrons. The maximum atomic E-state index is 13.1. The van der Waals surface area contributed by atoms with E-state index >= 15 is 0 Å². The summed E-state index contributed by atoms with van der Waals surface area (Å²) in [6, 6.07) is 33.2. The predicted molar refractivity (Wildman–Crippen MR) is 451 cm³/mol. The van der Waals surface area contributed by atoms with Crippen molar-refractivity contribution >= 4 is 131 Å². The number of phenolic OH excluding ortho intramolecular Hbond substituents is 1. The Morgan fingerprint density at radius 2 is 0.901 bits per heavy atom. The molecule has 0 aromatic heterocycles. The third-order valence-electron chi connectivity index (χ3n) is 17.6. The quantitative estimate of drug-likeness (QED) is 0.0103. The number of ether oxygens (including phenoxy) is 10. The SMILES string of the molecule is CCC(CO)(CO)CO.CCC1(CO)COC1.CCC1(COC(=O)c2ccc(Br)cc2)COC1.CCC12COC(c3ccc(Br)cc3)(OC1)OC2.CCOC(=O)OCC.CCOc1c(F)cc(B(O)O)cc1F.CCOc1c(F)cc(Br)cc1F.Cc1ccc(S(=O)(=O)OCC(F)(F)F)cc1.O=C(Cl)c1ccc(Br)cc1.Oc1c(F)cc(Br)cc1F. The van der Waals surface area contributed by atoms with Gasteiger partial charge in [0.05, 0.1) is 115 Å². The lowest BCUT2D eigenvalue weighted by atomic mass is 9.80. The van der Waals surface area contributed by atoms with Gasteiger partial charge in [-0.3, -0.25) is 8.98 Å². The molecule has 5 heterocycles. The number of esters is 1. The molecule has 0 unspecified atom stereocenters. The lowest BCUT2D eigenvalue weighted by molar-refractivity contribution is -0.480. The van der Waals surface area contributed by atoms with E-state index in [2.05, 4.69) is 119 Å². The highest BCUT2D eigenvalue weighted by molar-refractivity contribution is 9.11. The van der Waals surface area contributed by atoms with Crippen molar-refractivity contribution < 1.29 is 149 Å². The van der Waals surface area contributed by atoms with Crippen LogP contribution in [0.4, 0.5) is 44.3 Å². The first-order valence-electron chi connectivity index (χ1n) is 37.0. The van der Waals surface area contributed by atoms with Crippen LogP contribution in [-0.4, -0.2) is 187 Å². The fourth-order valence-corrected chi connectivity index (χ4v) is 11.9. The van der Waals surface area contributed by atoms with Crippen LogP contribution in [0.25, 0.3) is 0 Å². The third kappa shape index (κ3) is 38.8. The third-order valence-corrected chi connectivity index (χ3v) is 21.6. The van der Waals surface area contributed by atoms with E-state index in [-0.39, 0.29) is 82.4 Å². The van der Waals surface area contributed by atoms with E-state index in [9.17, 15) is 62.3 Å². The Hall–Kier alpha value is -6.06. The minimum atomic E-state index is -4.67. The van der Waals surface area contributed by atoms with Crippen LogP contribution < -0.4 is 14.9 Å². The zero-order valence-corrected chi connectivity index (χ0v) is 76.9. The molecule has 0 saturated carbocycles. The molecule has 2 bridgehead atoms. The minimum Gasteiger partial charge on any atom is -0.503 e. The van der Waals surface area contributed by atoms with E-state index in [1.807, 2.05) is 43.3 Å².